The van der Waals surface area contributed by atoms with E-state index in [9.17, 15) is 18.0 Å². The van der Waals surface area contributed by atoms with Crippen LogP contribution in [0.4, 0.5) is 13.2 Å². The zero-order chi connectivity index (χ0) is 19.0. The molecule has 1 atom stereocenters. The summed E-state index contributed by atoms with van der Waals surface area (Å²) in [5.74, 6) is -0.0537. The third kappa shape index (κ3) is 7.31. The largest absolute Gasteiger partial charge is 0.411 e. The number of rotatable bonds is 8. The van der Waals surface area contributed by atoms with E-state index < -0.39 is 18.8 Å². The number of amides is 1. The predicted octanol–water partition coefficient (Wildman–Crippen LogP) is 1.67. The highest BCUT2D eigenvalue weighted by atomic mass is 19.4. The summed E-state index contributed by atoms with van der Waals surface area (Å²) in [6.45, 7) is 2.12. The number of alkyl halides is 3. The van der Waals surface area contributed by atoms with Crippen LogP contribution < -0.4 is 5.73 Å². The molecular formula is C18H26F3N3O2. The molecule has 1 aliphatic rings. The Labute approximate surface area is 151 Å². The first-order valence-electron chi connectivity index (χ1n) is 8.80. The third-order valence-corrected chi connectivity index (χ3v) is 4.33. The van der Waals surface area contributed by atoms with Crippen molar-refractivity contribution >= 4 is 5.91 Å². The topological polar surface area (TPSA) is 58.8 Å². The van der Waals surface area contributed by atoms with Gasteiger partial charge in [0.25, 0.3) is 0 Å². The molecule has 146 valence electrons. The fourth-order valence-electron chi connectivity index (χ4n) is 2.96. The number of nitrogens with zero attached hydrogens (tertiary/aromatic N) is 2. The standard InChI is InChI=1S/C18H26F3N3O2/c19-18(20,21)14-26-12-4-7-23-8-10-24(11-9-23)17(25)16(22)13-15-5-2-1-3-6-15/h1-3,5-6,16H,4,7-14,22H2/t16-/m0/s1. The highest BCUT2D eigenvalue weighted by Crippen LogP contribution is 2.14. The van der Waals surface area contributed by atoms with Gasteiger partial charge in [-0.3, -0.25) is 9.69 Å². The highest BCUT2D eigenvalue weighted by molar-refractivity contribution is 5.82. The van der Waals surface area contributed by atoms with Gasteiger partial charge in [-0.25, -0.2) is 0 Å². The summed E-state index contributed by atoms with van der Waals surface area (Å²) in [6.07, 6.45) is -3.22. The SMILES string of the molecule is N[C@@H](Cc1ccccc1)C(=O)N1CCN(CCCOCC(F)(F)F)CC1. The van der Waals surface area contributed by atoms with Crippen molar-refractivity contribution in [2.45, 2.75) is 25.1 Å². The Hall–Kier alpha value is -1.64. The molecule has 5 nitrogen and oxygen atoms in total. The van der Waals surface area contributed by atoms with Gasteiger partial charge in [-0.15, -0.1) is 0 Å². The summed E-state index contributed by atoms with van der Waals surface area (Å²) in [6, 6.07) is 9.11. The quantitative estimate of drug-likeness (QED) is 0.705. The molecule has 1 aromatic carbocycles. The fourth-order valence-corrected chi connectivity index (χ4v) is 2.96. The summed E-state index contributed by atoms with van der Waals surface area (Å²) in [7, 11) is 0. The van der Waals surface area contributed by atoms with E-state index in [0.717, 1.165) is 5.56 Å². The lowest BCUT2D eigenvalue weighted by molar-refractivity contribution is -0.174. The number of carbonyl (C=O) groups excluding carboxylic acids is 1. The average molecular weight is 373 g/mol. The zero-order valence-corrected chi connectivity index (χ0v) is 14.8. The van der Waals surface area contributed by atoms with E-state index in [1.165, 1.54) is 0 Å². The molecule has 0 radical (unpaired) electrons. The van der Waals surface area contributed by atoms with Crippen LogP contribution in [0.5, 0.6) is 0 Å². The van der Waals surface area contributed by atoms with Crippen LogP contribution in [-0.2, 0) is 16.0 Å². The van der Waals surface area contributed by atoms with E-state index in [-0.39, 0.29) is 12.5 Å². The molecular weight excluding hydrogens is 347 g/mol. The zero-order valence-electron chi connectivity index (χ0n) is 14.8. The Morgan fingerprint density at radius 3 is 2.42 bits per heavy atom. The minimum absolute atomic E-state index is 0.0537. The number of halogens is 3. The second-order valence-electron chi connectivity index (χ2n) is 6.48. The third-order valence-electron chi connectivity index (χ3n) is 4.33. The summed E-state index contributed by atoms with van der Waals surface area (Å²) in [5, 5.41) is 0. The average Bonchev–Trinajstić information content (AvgIpc) is 2.61. The van der Waals surface area contributed by atoms with Crippen LogP contribution in [0, 0.1) is 0 Å². The van der Waals surface area contributed by atoms with Crippen LogP contribution >= 0.6 is 0 Å². The summed E-state index contributed by atoms with van der Waals surface area (Å²) in [5.41, 5.74) is 7.08. The Kier molecular flexibility index (Phi) is 7.86. The van der Waals surface area contributed by atoms with Gasteiger partial charge >= 0.3 is 6.18 Å². The molecule has 1 fully saturated rings. The van der Waals surface area contributed by atoms with E-state index >= 15 is 0 Å². The summed E-state index contributed by atoms with van der Waals surface area (Å²) >= 11 is 0. The number of ether oxygens (including phenoxy) is 1. The number of carbonyl (C=O) groups is 1. The highest BCUT2D eigenvalue weighted by Gasteiger charge is 2.27. The Morgan fingerprint density at radius 2 is 1.81 bits per heavy atom. The van der Waals surface area contributed by atoms with Gasteiger partial charge in [-0.1, -0.05) is 30.3 Å². The summed E-state index contributed by atoms with van der Waals surface area (Å²) in [4.78, 5) is 16.4. The molecule has 1 heterocycles. The van der Waals surface area contributed by atoms with Crippen LogP contribution in [0.2, 0.25) is 0 Å². The van der Waals surface area contributed by atoms with Crippen molar-refractivity contribution < 1.29 is 22.7 Å². The first-order chi connectivity index (χ1) is 12.3. The minimum atomic E-state index is -4.27. The lowest BCUT2D eigenvalue weighted by Crippen LogP contribution is -2.53. The molecule has 1 amide bonds. The second kappa shape index (κ2) is 9.89. The lowest BCUT2D eigenvalue weighted by atomic mass is 10.1. The second-order valence-corrected chi connectivity index (χ2v) is 6.48. The van der Waals surface area contributed by atoms with Crippen molar-refractivity contribution in [3.05, 3.63) is 35.9 Å². The lowest BCUT2D eigenvalue weighted by Gasteiger charge is -2.36. The first kappa shape index (κ1) is 20.7. The van der Waals surface area contributed by atoms with Gasteiger partial charge in [-0.05, 0) is 18.4 Å². The molecule has 0 aliphatic carbocycles. The van der Waals surface area contributed by atoms with Crippen molar-refractivity contribution in [3.8, 4) is 0 Å². The summed E-state index contributed by atoms with van der Waals surface area (Å²) < 4.78 is 40.5. The van der Waals surface area contributed by atoms with Gasteiger partial charge < -0.3 is 15.4 Å². The van der Waals surface area contributed by atoms with Gasteiger partial charge in [0.05, 0.1) is 6.04 Å². The molecule has 1 aliphatic heterocycles. The number of hydrogen-bond donors (Lipinski definition) is 1. The van der Waals surface area contributed by atoms with Gasteiger partial charge in [0.15, 0.2) is 0 Å². The van der Waals surface area contributed by atoms with Crippen LogP contribution in [-0.4, -0.2) is 73.9 Å². The normalized spacial score (nSPS) is 17.3. The van der Waals surface area contributed by atoms with Crippen LogP contribution in [0.3, 0.4) is 0 Å². The molecule has 8 heteroatoms. The van der Waals surface area contributed by atoms with E-state index in [4.69, 9.17) is 5.73 Å². The maximum atomic E-state index is 12.5. The molecule has 0 aromatic heterocycles. The Morgan fingerprint density at radius 1 is 1.15 bits per heavy atom. The van der Waals surface area contributed by atoms with Crippen molar-refractivity contribution in [1.82, 2.24) is 9.80 Å². The van der Waals surface area contributed by atoms with E-state index in [1.807, 2.05) is 30.3 Å². The van der Waals surface area contributed by atoms with Crippen LogP contribution in [0.1, 0.15) is 12.0 Å². The number of hydrogen-bond acceptors (Lipinski definition) is 4. The molecule has 0 spiro atoms. The van der Waals surface area contributed by atoms with E-state index in [1.54, 1.807) is 4.90 Å². The van der Waals surface area contributed by atoms with Crippen LogP contribution in [0.25, 0.3) is 0 Å². The van der Waals surface area contributed by atoms with E-state index in [0.29, 0.717) is 45.6 Å². The van der Waals surface area contributed by atoms with Crippen molar-refractivity contribution in [3.63, 3.8) is 0 Å². The van der Waals surface area contributed by atoms with Gasteiger partial charge in [0.1, 0.15) is 6.61 Å². The number of piperazine rings is 1. The van der Waals surface area contributed by atoms with Gasteiger partial charge in [0.2, 0.25) is 5.91 Å². The minimum Gasteiger partial charge on any atom is -0.372 e. The molecule has 0 bridgehead atoms. The first-order valence-corrected chi connectivity index (χ1v) is 8.80. The number of benzene rings is 1. The Balaban J connectivity index is 1.63. The fraction of sp³-hybridized carbons (Fsp3) is 0.611. The van der Waals surface area contributed by atoms with Crippen LogP contribution in [0.15, 0.2) is 30.3 Å². The predicted molar refractivity (Wildman–Crippen MR) is 92.6 cm³/mol. The monoisotopic (exact) mass is 373 g/mol. The maximum Gasteiger partial charge on any atom is 0.411 e. The molecule has 26 heavy (non-hydrogen) atoms. The maximum absolute atomic E-state index is 12.5. The molecule has 0 unspecified atom stereocenters. The van der Waals surface area contributed by atoms with Crippen molar-refractivity contribution in [2.24, 2.45) is 5.73 Å². The molecule has 2 rings (SSSR count). The smallest absolute Gasteiger partial charge is 0.372 e. The Bertz CT molecular complexity index is 546. The van der Waals surface area contributed by atoms with E-state index in [2.05, 4.69) is 9.64 Å². The molecule has 0 saturated carbocycles. The van der Waals surface area contributed by atoms with Crippen molar-refractivity contribution in [2.75, 3.05) is 45.9 Å². The van der Waals surface area contributed by atoms with Gasteiger partial charge in [0, 0.05) is 39.3 Å². The van der Waals surface area contributed by atoms with Gasteiger partial charge in [-0.2, -0.15) is 13.2 Å². The van der Waals surface area contributed by atoms with Crippen molar-refractivity contribution in [1.29, 1.82) is 0 Å². The molecule has 1 saturated heterocycles. The molecule has 1 aromatic rings. The number of nitrogens with two attached hydrogens (primary N) is 1. The molecule has 2 N–H and O–H groups in total.